The van der Waals surface area contributed by atoms with E-state index in [9.17, 15) is 4.79 Å². The lowest BCUT2D eigenvalue weighted by atomic mass is 10.1. The van der Waals surface area contributed by atoms with Crippen LogP contribution in [-0.4, -0.2) is 51.1 Å². The van der Waals surface area contributed by atoms with E-state index in [4.69, 9.17) is 5.73 Å². The van der Waals surface area contributed by atoms with Crippen molar-refractivity contribution < 1.29 is 4.79 Å². The second-order valence-corrected chi connectivity index (χ2v) is 5.32. The number of anilines is 2. The van der Waals surface area contributed by atoms with Crippen molar-refractivity contribution >= 4 is 17.3 Å². The Kier molecular flexibility index (Phi) is 4.84. The van der Waals surface area contributed by atoms with Gasteiger partial charge in [0.2, 0.25) is 0 Å². The van der Waals surface area contributed by atoms with Crippen molar-refractivity contribution in [2.24, 2.45) is 0 Å². The Morgan fingerprint density at radius 2 is 2.10 bits per heavy atom. The summed E-state index contributed by atoms with van der Waals surface area (Å²) in [5, 5.41) is 2.60. The minimum Gasteiger partial charge on any atom is -0.397 e. The maximum atomic E-state index is 11.6. The summed E-state index contributed by atoms with van der Waals surface area (Å²) >= 11 is 0. The molecule has 3 N–H and O–H groups in total. The Morgan fingerprint density at radius 1 is 1.40 bits per heavy atom. The summed E-state index contributed by atoms with van der Waals surface area (Å²) in [6.45, 7) is 4.43. The van der Waals surface area contributed by atoms with Gasteiger partial charge in [0.1, 0.15) is 0 Å². The predicted molar refractivity (Wildman–Crippen MR) is 83.2 cm³/mol. The molecule has 1 fully saturated rings. The molecule has 0 radical (unpaired) electrons. The Balaban J connectivity index is 1.98. The van der Waals surface area contributed by atoms with Crippen LogP contribution in [0.4, 0.5) is 11.4 Å². The Bertz CT molecular complexity index is 469. The number of nitrogens with one attached hydrogen (secondary N) is 1. The molecule has 1 aliphatic heterocycles. The van der Waals surface area contributed by atoms with Gasteiger partial charge >= 0.3 is 0 Å². The smallest absolute Gasteiger partial charge is 0.251 e. The normalized spacial score (nSPS) is 15.3. The number of likely N-dealkylation sites (N-methyl/N-ethyl adjacent to an activating group) is 1. The predicted octanol–water partition coefficient (Wildman–Crippen LogP) is 1.16. The number of benzene rings is 1. The summed E-state index contributed by atoms with van der Waals surface area (Å²) in [5.41, 5.74) is 8.29. The van der Waals surface area contributed by atoms with E-state index in [-0.39, 0.29) is 5.91 Å². The van der Waals surface area contributed by atoms with Crippen LogP contribution in [0.3, 0.4) is 0 Å². The summed E-state index contributed by atoms with van der Waals surface area (Å²) in [7, 11) is 3.66. The molecule has 1 saturated heterocycles. The highest BCUT2D eigenvalue weighted by atomic mass is 16.1. The fourth-order valence-electron chi connectivity index (χ4n) is 2.61. The SMILES string of the molecule is CNC(=O)c1ccc(N(C)CCN2CCCC2)c(N)c1. The molecular formula is C15H24N4O. The highest BCUT2D eigenvalue weighted by Gasteiger charge is 2.13. The summed E-state index contributed by atoms with van der Waals surface area (Å²) in [4.78, 5) is 16.2. The first kappa shape index (κ1) is 14.7. The molecular weight excluding hydrogens is 252 g/mol. The van der Waals surface area contributed by atoms with Crippen molar-refractivity contribution in [1.82, 2.24) is 10.2 Å². The van der Waals surface area contributed by atoms with Gasteiger partial charge < -0.3 is 20.9 Å². The molecule has 1 aliphatic rings. The van der Waals surface area contributed by atoms with Gasteiger partial charge in [-0.15, -0.1) is 0 Å². The Hall–Kier alpha value is -1.75. The first-order valence-electron chi connectivity index (χ1n) is 7.17. The number of carbonyl (C=O) groups is 1. The quantitative estimate of drug-likeness (QED) is 0.792. The molecule has 0 aliphatic carbocycles. The number of hydrogen-bond acceptors (Lipinski definition) is 4. The van der Waals surface area contributed by atoms with Gasteiger partial charge in [-0.3, -0.25) is 4.79 Å². The molecule has 1 aromatic rings. The maximum Gasteiger partial charge on any atom is 0.251 e. The van der Waals surface area contributed by atoms with Crippen molar-refractivity contribution in [3.8, 4) is 0 Å². The zero-order valence-corrected chi connectivity index (χ0v) is 12.4. The molecule has 0 saturated carbocycles. The zero-order valence-electron chi connectivity index (χ0n) is 12.4. The van der Waals surface area contributed by atoms with Gasteiger partial charge in [-0.1, -0.05) is 0 Å². The molecule has 0 atom stereocenters. The molecule has 0 aromatic heterocycles. The molecule has 5 nitrogen and oxygen atoms in total. The van der Waals surface area contributed by atoms with E-state index in [1.807, 2.05) is 19.2 Å². The molecule has 110 valence electrons. The third-order valence-electron chi connectivity index (χ3n) is 3.88. The highest BCUT2D eigenvalue weighted by molar-refractivity contribution is 5.96. The summed E-state index contributed by atoms with van der Waals surface area (Å²) in [6.07, 6.45) is 2.62. The fraction of sp³-hybridized carbons (Fsp3) is 0.533. The van der Waals surface area contributed by atoms with Crippen molar-refractivity contribution in [2.45, 2.75) is 12.8 Å². The third-order valence-corrected chi connectivity index (χ3v) is 3.88. The van der Waals surface area contributed by atoms with Crippen molar-refractivity contribution in [1.29, 1.82) is 0 Å². The molecule has 1 amide bonds. The second kappa shape index (κ2) is 6.61. The van der Waals surface area contributed by atoms with E-state index in [0.29, 0.717) is 11.3 Å². The topological polar surface area (TPSA) is 61.6 Å². The lowest BCUT2D eigenvalue weighted by Crippen LogP contribution is -2.31. The minimum atomic E-state index is -0.108. The number of carbonyl (C=O) groups excluding carboxylic acids is 1. The average molecular weight is 276 g/mol. The number of nitrogens with two attached hydrogens (primary N) is 1. The standard InChI is InChI=1S/C15H24N4O/c1-17-15(20)12-5-6-14(13(16)11-12)18(2)9-10-19-7-3-4-8-19/h5-6,11H,3-4,7-10,16H2,1-2H3,(H,17,20). The average Bonchev–Trinajstić information content (AvgIpc) is 2.97. The molecule has 2 rings (SSSR count). The Labute approximate surface area is 120 Å². The van der Waals surface area contributed by atoms with E-state index in [2.05, 4.69) is 15.1 Å². The molecule has 0 unspecified atom stereocenters. The fourth-order valence-corrected chi connectivity index (χ4v) is 2.61. The monoisotopic (exact) mass is 276 g/mol. The lowest BCUT2D eigenvalue weighted by Gasteiger charge is -2.24. The molecule has 1 heterocycles. The number of rotatable bonds is 5. The van der Waals surface area contributed by atoms with Gasteiger partial charge in [0.05, 0.1) is 11.4 Å². The zero-order chi connectivity index (χ0) is 14.5. The number of likely N-dealkylation sites (tertiary alicyclic amines) is 1. The third kappa shape index (κ3) is 3.42. The summed E-state index contributed by atoms with van der Waals surface area (Å²) < 4.78 is 0. The first-order valence-corrected chi connectivity index (χ1v) is 7.17. The van der Waals surface area contributed by atoms with E-state index in [1.165, 1.54) is 25.9 Å². The Morgan fingerprint density at radius 3 is 2.70 bits per heavy atom. The van der Waals surface area contributed by atoms with Crippen LogP contribution in [0, 0.1) is 0 Å². The van der Waals surface area contributed by atoms with Crippen LogP contribution in [0.1, 0.15) is 23.2 Å². The van der Waals surface area contributed by atoms with Crippen LogP contribution < -0.4 is 16.0 Å². The summed E-state index contributed by atoms with van der Waals surface area (Å²) in [5.74, 6) is -0.108. The molecule has 1 aromatic carbocycles. The largest absolute Gasteiger partial charge is 0.397 e. The number of hydrogen-bond donors (Lipinski definition) is 2. The van der Waals surface area contributed by atoms with Crippen LogP contribution >= 0.6 is 0 Å². The van der Waals surface area contributed by atoms with Crippen molar-refractivity contribution in [2.75, 3.05) is 50.9 Å². The maximum absolute atomic E-state index is 11.6. The minimum absolute atomic E-state index is 0.108. The van der Waals surface area contributed by atoms with Crippen LogP contribution in [0.15, 0.2) is 18.2 Å². The molecule has 0 spiro atoms. The highest BCUT2D eigenvalue weighted by Crippen LogP contribution is 2.23. The first-order chi connectivity index (χ1) is 9.61. The van der Waals surface area contributed by atoms with E-state index in [1.54, 1.807) is 13.1 Å². The van der Waals surface area contributed by atoms with E-state index < -0.39 is 0 Å². The molecule has 20 heavy (non-hydrogen) atoms. The van der Waals surface area contributed by atoms with Gasteiger partial charge in [-0.25, -0.2) is 0 Å². The van der Waals surface area contributed by atoms with Crippen molar-refractivity contribution in [3.05, 3.63) is 23.8 Å². The van der Waals surface area contributed by atoms with Gasteiger partial charge in [-0.05, 0) is 44.1 Å². The number of nitrogen functional groups attached to an aromatic ring is 1. The lowest BCUT2D eigenvalue weighted by molar-refractivity contribution is 0.0963. The van der Waals surface area contributed by atoms with Crippen LogP contribution in [0.25, 0.3) is 0 Å². The van der Waals surface area contributed by atoms with Crippen molar-refractivity contribution in [3.63, 3.8) is 0 Å². The number of nitrogens with zero attached hydrogens (tertiary/aromatic N) is 2. The van der Waals surface area contributed by atoms with E-state index >= 15 is 0 Å². The van der Waals surface area contributed by atoms with E-state index in [0.717, 1.165) is 18.8 Å². The van der Waals surface area contributed by atoms with Gasteiger partial charge in [0.25, 0.3) is 5.91 Å². The van der Waals surface area contributed by atoms with Crippen LogP contribution in [0.2, 0.25) is 0 Å². The summed E-state index contributed by atoms with van der Waals surface area (Å²) in [6, 6.07) is 5.47. The molecule has 0 bridgehead atoms. The molecule has 5 heteroatoms. The number of amides is 1. The van der Waals surface area contributed by atoms with Gasteiger partial charge in [0, 0.05) is 32.7 Å². The van der Waals surface area contributed by atoms with Gasteiger partial charge in [-0.2, -0.15) is 0 Å². The van der Waals surface area contributed by atoms with Crippen LogP contribution in [-0.2, 0) is 0 Å². The van der Waals surface area contributed by atoms with Gasteiger partial charge in [0.15, 0.2) is 0 Å². The second-order valence-electron chi connectivity index (χ2n) is 5.32. The van der Waals surface area contributed by atoms with Crippen LogP contribution in [0.5, 0.6) is 0 Å².